The molecule has 8 heteroatoms. The molecule has 0 fully saturated rings. The number of benzene rings is 1. The van der Waals surface area contributed by atoms with Gasteiger partial charge in [-0.05, 0) is 18.2 Å². The fourth-order valence-electron chi connectivity index (χ4n) is 2.07. The van der Waals surface area contributed by atoms with Crippen molar-refractivity contribution >= 4 is 5.95 Å². The predicted molar refractivity (Wildman–Crippen MR) is 79.4 cm³/mol. The lowest BCUT2D eigenvalue weighted by Gasteiger charge is -2.09. The highest BCUT2D eigenvalue weighted by molar-refractivity contribution is 5.78. The van der Waals surface area contributed by atoms with E-state index in [0.29, 0.717) is 17.1 Å². The van der Waals surface area contributed by atoms with E-state index in [1.807, 2.05) is 0 Å². The Bertz CT molecular complexity index is 835. The summed E-state index contributed by atoms with van der Waals surface area (Å²) in [7, 11) is 1.47. The molecule has 23 heavy (non-hydrogen) atoms. The van der Waals surface area contributed by atoms with Crippen LogP contribution in [0.15, 0.2) is 36.5 Å². The molecule has 0 aliphatic heterocycles. The summed E-state index contributed by atoms with van der Waals surface area (Å²) in [6, 6.07) is 6.34. The van der Waals surface area contributed by atoms with Gasteiger partial charge in [-0.1, -0.05) is 0 Å². The molecule has 0 radical (unpaired) electrons. The van der Waals surface area contributed by atoms with E-state index in [1.54, 1.807) is 12.1 Å². The number of nitrogen functional groups attached to an aromatic ring is 1. The molecule has 2 aromatic heterocycles. The summed E-state index contributed by atoms with van der Waals surface area (Å²) >= 11 is 0. The minimum atomic E-state index is -0.719. The first kappa shape index (κ1) is 14.8. The number of halogens is 2. The smallest absolute Gasteiger partial charge is 0.233 e. The summed E-state index contributed by atoms with van der Waals surface area (Å²) < 4.78 is 31.9. The molecule has 3 aromatic rings. The first-order chi connectivity index (χ1) is 11.1. The Morgan fingerprint density at radius 2 is 1.78 bits per heavy atom. The molecule has 0 saturated carbocycles. The van der Waals surface area contributed by atoms with Gasteiger partial charge in [0.1, 0.15) is 11.6 Å². The van der Waals surface area contributed by atoms with Crippen molar-refractivity contribution in [2.75, 3.05) is 12.8 Å². The Balaban J connectivity index is 2.17. The molecule has 0 spiro atoms. The molecular formula is C15H11F2N5O. The Labute approximate surface area is 130 Å². The highest BCUT2D eigenvalue weighted by Gasteiger charge is 2.14. The van der Waals surface area contributed by atoms with Crippen LogP contribution in [0.1, 0.15) is 0 Å². The van der Waals surface area contributed by atoms with E-state index in [4.69, 9.17) is 10.5 Å². The van der Waals surface area contributed by atoms with Crippen LogP contribution >= 0.6 is 0 Å². The highest BCUT2D eigenvalue weighted by atomic mass is 19.1. The van der Waals surface area contributed by atoms with Gasteiger partial charge in [-0.25, -0.2) is 18.7 Å². The number of nitrogens with zero attached hydrogens (tertiary/aromatic N) is 4. The van der Waals surface area contributed by atoms with Crippen LogP contribution in [0.5, 0.6) is 5.88 Å². The zero-order valence-electron chi connectivity index (χ0n) is 12.0. The Hall–Kier alpha value is -3.16. The third-order valence-electron chi connectivity index (χ3n) is 3.07. The number of methoxy groups -OCH3 is 1. The number of nitrogens with two attached hydrogens (primary N) is 1. The van der Waals surface area contributed by atoms with Crippen molar-refractivity contribution < 1.29 is 13.5 Å². The lowest BCUT2D eigenvalue weighted by molar-refractivity contribution is 0.392. The number of hydrogen-bond acceptors (Lipinski definition) is 6. The molecular weight excluding hydrogens is 304 g/mol. The molecule has 116 valence electrons. The standard InChI is InChI=1S/C15H11F2N5O/c1-23-13-3-2-12(21-22-13)11-7-19-15(18)20-14(11)8-4-9(16)6-10(17)5-8/h2-7H,1H3,(H2,18,19,20). The highest BCUT2D eigenvalue weighted by Crippen LogP contribution is 2.30. The van der Waals surface area contributed by atoms with Crippen LogP contribution in [-0.4, -0.2) is 27.3 Å². The summed E-state index contributed by atoms with van der Waals surface area (Å²) in [5, 5.41) is 7.86. The van der Waals surface area contributed by atoms with Gasteiger partial charge in [0.15, 0.2) is 0 Å². The maximum absolute atomic E-state index is 13.5. The van der Waals surface area contributed by atoms with E-state index < -0.39 is 11.6 Å². The maximum atomic E-state index is 13.5. The van der Waals surface area contributed by atoms with Crippen molar-refractivity contribution in [2.24, 2.45) is 0 Å². The fraction of sp³-hybridized carbons (Fsp3) is 0.0667. The molecule has 0 amide bonds. The molecule has 0 aliphatic carbocycles. The Kier molecular flexibility index (Phi) is 3.80. The second-order valence-corrected chi connectivity index (χ2v) is 4.61. The van der Waals surface area contributed by atoms with E-state index >= 15 is 0 Å². The summed E-state index contributed by atoms with van der Waals surface area (Å²) in [4.78, 5) is 7.99. The summed E-state index contributed by atoms with van der Waals surface area (Å²) in [6.07, 6.45) is 1.43. The maximum Gasteiger partial charge on any atom is 0.233 e. The Morgan fingerprint density at radius 3 is 2.39 bits per heavy atom. The largest absolute Gasteiger partial charge is 0.480 e. The van der Waals surface area contributed by atoms with Crippen LogP contribution in [0.25, 0.3) is 22.5 Å². The van der Waals surface area contributed by atoms with Gasteiger partial charge in [0.05, 0.1) is 18.5 Å². The zero-order valence-corrected chi connectivity index (χ0v) is 12.0. The molecule has 2 N–H and O–H groups in total. The average Bonchev–Trinajstić information content (AvgIpc) is 2.54. The van der Waals surface area contributed by atoms with Crippen LogP contribution in [0.2, 0.25) is 0 Å². The molecule has 0 saturated heterocycles. The average molecular weight is 315 g/mol. The van der Waals surface area contributed by atoms with Gasteiger partial charge in [-0.2, -0.15) is 0 Å². The number of anilines is 1. The molecule has 0 aliphatic rings. The number of hydrogen-bond donors (Lipinski definition) is 1. The first-order valence-electron chi connectivity index (χ1n) is 6.54. The molecule has 0 unspecified atom stereocenters. The van der Waals surface area contributed by atoms with Crippen molar-refractivity contribution in [3.05, 3.63) is 48.2 Å². The van der Waals surface area contributed by atoms with Crippen LogP contribution in [0, 0.1) is 11.6 Å². The van der Waals surface area contributed by atoms with E-state index in [2.05, 4.69) is 20.2 Å². The molecule has 0 atom stereocenters. The van der Waals surface area contributed by atoms with Crippen LogP contribution < -0.4 is 10.5 Å². The Morgan fingerprint density at radius 1 is 1.04 bits per heavy atom. The molecule has 3 rings (SSSR count). The molecule has 1 aromatic carbocycles. The second-order valence-electron chi connectivity index (χ2n) is 4.61. The second kappa shape index (κ2) is 5.91. The van der Waals surface area contributed by atoms with Crippen molar-refractivity contribution in [3.8, 4) is 28.4 Å². The summed E-state index contributed by atoms with van der Waals surface area (Å²) in [5.74, 6) is -1.12. The van der Waals surface area contributed by atoms with E-state index in [-0.39, 0.29) is 17.2 Å². The van der Waals surface area contributed by atoms with Crippen LogP contribution in [-0.2, 0) is 0 Å². The van der Waals surface area contributed by atoms with E-state index in [9.17, 15) is 8.78 Å². The summed E-state index contributed by atoms with van der Waals surface area (Å²) in [5.41, 5.74) is 6.95. The van der Waals surface area contributed by atoms with Gasteiger partial charge in [-0.3, -0.25) is 0 Å². The summed E-state index contributed by atoms with van der Waals surface area (Å²) in [6.45, 7) is 0. The van der Waals surface area contributed by atoms with Gasteiger partial charge < -0.3 is 10.5 Å². The third-order valence-corrected chi connectivity index (χ3v) is 3.07. The minimum absolute atomic E-state index is 0.0186. The van der Waals surface area contributed by atoms with Crippen molar-refractivity contribution in [3.63, 3.8) is 0 Å². The zero-order chi connectivity index (χ0) is 16.4. The van der Waals surface area contributed by atoms with E-state index in [0.717, 1.165) is 18.2 Å². The lowest BCUT2D eigenvalue weighted by Crippen LogP contribution is -2.01. The van der Waals surface area contributed by atoms with Crippen molar-refractivity contribution in [1.82, 2.24) is 20.2 Å². The van der Waals surface area contributed by atoms with E-state index in [1.165, 1.54) is 13.3 Å². The monoisotopic (exact) mass is 315 g/mol. The number of ether oxygens (including phenoxy) is 1. The number of rotatable bonds is 3. The molecule has 2 heterocycles. The van der Waals surface area contributed by atoms with Crippen LogP contribution in [0.3, 0.4) is 0 Å². The quantitative estimate of drug-likeness (QED) is 0.799. The predicted octanol–water partition coefficient (Wildman–Crippen LogP) is 2.47. The SMILES string of the molecule is COc1ccc(-c2cnc(N)nc2-c2cc(F)cc(F)c2)nn1. The molecule has 6 nitrogen and oxygen atoms in total. The minimum Gasteiger partial charge on any atom is -0.480 e. The van der Waals surface area contributed by atoms with Crippen molar-refractivity contribution in [2.45, 2.75) is 0 Å². The van der Waals surface area contributed by atoms with Gasteiger partial charge in [0.25, 0.3) is 0 Å². The van der Waals surface area contributed by atoms with Gasteiger partial charge in [0, 0.05) is 29.5 Å². The van der Waals surface area contributed by atoms with Gasteiger partial charge in [0.2, 0.25) is 11.8 Å². The fourth-order valence-corrected chi connectivity index (χ4v) is 2.07. The third kappa shape index (κ3) is 3.05. The van der Waals surface area contributed by atoms with Crippen molar-refractivity contribution in [1.29, 1.82) is 0 Å². The normalized spacial score (nSPS) is 10.6. The topological polar surface area (TPSA) is 86.8 Å². The van der Waals surface area contributed by atoms with Gasteiger partial charge in [-0.15, -0.1) is 10.2 Å². The van der Waals surface area contributed by atoms with Gasteiger partial charge >= 0.3 is 0 Å². The van der Waals surface area contributed by atoms with Crippen LogP contribution in [0.4, 0.5) is 14.7 Å². The number of aromatic nitrogens is 4. The molecule has 0 bridgehead atoms. The lowest BCUT2D eigenvalue weighted by atomic mass is 10.0. The first-order valence-corrected chi connectivity index (χ1v) is 6.54.